The smallest absolute Gasteiger partial charge is 0.211 e. The van der Waals surface area contributed by atoms with Crippen molar-refractivity contribution in [3.8, 4) is 11.3 Å². The van der Waals surface area contributed by atoms with Crippen molar-refractivity contribution < 1.29 is 9.52 Å². The van der Waals surface area contributed by atoms with Crippen molar-refractivity contribution in [1.29, 1.82) is 0 Å². The van der Waals surface area contributed by atoms with Gasteiger partial charge in [0.1, 0.15) is 0 Å². The van der Waals surface area contributed by atoms with Gasteiger partial charge in [0.15, 0.2) is 5.76 Å². The Kier molecular flexibility index (Phi) is 5.99. The standard InChI is InChI=1S/C21H24N2O2/c1-16(21-23-15-20(25-21)18-10-6-3-7-11-18)22-14-19(12-13-24)17-8-4-2-5-9-17/h2-11,15-16,19,22,24H,12-14H2,1H3/t16-,19+/m0/s1. The zero-order chi connectivity index (χ0) is 17.5. The number of aromatic nitrogens is 1. The van der Waals surface area contributed by atoms with Crippen molar-refractivity contribution in [3.05, 3.63) is 78.3 Å². The Labute approximate surface area is 148 Å². The van der Waals surface area contributed by atoms with Crippen LogP contribution in [-0.4, -0.2) is 23.2 Å². The number of aliphatic hydroxyl groups excluding tert-OH is 1. The fourth-order valence-corrected chi connectivity index (χ4v) is 2.90. The first kappa shape index (κ1) is 17.4. The molecule has 2 aromatic carbocycles. The number of benzene rings is 2. The van der Waals surface area contributed by atoms with Crippen LogP contribution in [0.4, 0.5) is 0 Å². The number of hydrogen-bond donors (Lipinski definition) is 2. The summed E-state index contributed by atoms with van der Waals surface area (Å²) in [6.45, 7) is 2.98. The average molecular weight is 336 g/mol. The summed E-state index contributed by atoms with van der Waals surface area (Å²) in [5.74, 6) is 1.71. The van der Waals surface area contributed by atoms with Gasteiger partial charge in [0, 0.05) is 18.7 Å². The molecule has 1 aromatic heterocycles. The van der Waals surface area contributed by atoms with E-state index in [-0.39, 0.29) is 18.6 Å². The highest BCUT2D eigenvalue weighted by Gasteiger charge is 2.16. The van der Waals surface area contributed by atoms with Crippen LogP contribution in [0.5, 0.6) is 0 Å². The molecule has 0 aliphatic carbocycles. The SMILES string of the molecule is C[C@H](NC[C@@H](CCO)c1ccccc1)c1ncc(-c2ccccc2)o1. The first-order valence-electron chi connectivity index (χ1n) is 8.68. The first-order valence-corrected chi connectivity index (χ1v) is 8.68. The van der Waals surface area contributed by atoms with E-state index >= 15 is 0 Å². The third-order valence-corrected chi connectivity index (χ3v) is 4.37. The Morgan fingerprint density at radius 2 is 1.72 bits per heavy atom. The second-order valence-corrected chi connectivity index (χ2v) is 6.18. The third-order valence-electron chi connectivity index (χ3n) is 4.37. The molecule has 130 valence electrons. The molecule has 0 fully saturated rings. The normalized spacial score (nSPS) is 13.5. The Balaban J connectivity index is 1.63. The lowest BCUT2D eigenvalue weighted by Gasteiger charge is -2.19. The van der Waals surface area contributed by atoms with Gasteiger partial charge in [0.25, 0.3) is 0 Å². The first-order chi connectivity index (χ1) is 12.3. The zero-order valence-corrected chi connectivity index (χ0v) is 14.4. The van der Waals surface area contributed by atoms with Crippen molar-refractivity contribution in [1.82, 2.24) is 10.3 Å². The highest BCUT2D eigenvalue weighted by molar-refractivity contribution is 5.55. The van der Waals surface area contributed by atoms with E-state index in [1.165, 1.54) is 5.56 Å². The van der Waals surface area contributed by atoms with Gasteiger partial charge in [-0.2, -0.15) is 0 Å². The minimum atomic E-state index is 0.00219. The maximum Gasteiger partial charge on any atom is 0.211 e. The van der Waals surface area contributed by atoms with E-state index in [1.54, 1.807) is 6.20 Å². The number of oxazole rings is 1. The van der Waals surface area contributed by atoms with E-state index in [1.807, 2.05) is 55.5 Å². The van der Waals surface area contributed by atoms with Crippen LogP contribution in [0, 0.1) is 0 Å². The van der Waals surface area contributed by atoms with E-state index in [2.05, 4.69) is 22.4 Å². The van der Waals surface area contributed by atoms with Crippen molar-refractivity contribution in [2.24, 2.45) is 0 Å². The molecule has 2 N–H and O–H groups in total. The lowest BCUT2D eigenvalue weighted by Crippen LogP contribution is -2.25. The Hall–Kier alpha value is -2.43. The molecule has 3 rings (SSSR count). The van der Waals surface area contributed by atoms with Crippen LogP contribution in [0.1, 0.15) is 36.8 Å². The predicted octanol–water partition coefficient (Wildman–Crippen LogP) is 4.16. The number of rotatable bonds is 8. The molecule has 4 nitrogen and oxygen atoms in total. The topological polar surface area (TPSA) is 58.3 Å². The van der Waals surface area contributed by atoms with Gasteiger partial charge in [-0.15, -0.1) is 0 Å². The summed E-state index contributed by atoms with van der Waals surface area (Å²) < 4.78 is 5.91. The Morgan fingerprint density at radius 3 is 2.40 bits per heavy atom. The number of nitrogens with zero attached hydrogens (tertiary/aromatic N) is 1. The van der Waals surface area contributed by atoms with E-state index in [9.17, 15) is 5.11 Å². The minimum absolute atomic E-state index is 0.00219. The van der Waals surface area contributed by atoms with Gasteiger partial charge in [-0.1, -0.05) is 60.7 Å². The lowest BCUT2D eigenvalue weighted by atomic mass is 9.96. The maximum atomic E-state index is 9.35. The van der Waals surface area contributed by atoms with Crippen LogP contribution in [0.25, 0.3) is 11.3 Å². The molecule has 25 heavy (non-hydrogen) atoms. The quantitative estimate of drug-likeness (QED) is 0.648. The van der Waals surface area contributed by atoms with Gasteiger partial charge in [0.2, 0.25) is 5.89 Å². The summed E-state index contributed by atoms with van der Waals surface area (Å²) >= 11 is 0. The summed E-state index contributed by atoms with van der Waals surface area (Å²) in [5.41, 5.74) is 2.25. The van der Waals surface area contributed by atoms with Crippen LogP contribution < -0.4 is 5.32 Å². The van der Waals surface area contributed by atoms with Gasteiger partial charge in [-0.05, 0) is 24.8 Å². The highest BCUT2D eigenvalue weighted by atomic mass is 16.4. The van der Waals surface area contributed by atoms with Crippen molar-refractivity contribution >= 4 is 0 Å². The highest BCUT2D eigenvalue weighted by Crippen LogP contribution is 2.24. The molecule has 2 atom stereocenters. The van der Waals surface area contributed by atoms with Gasteiger partial charge in [-0.25, -0.2) is 4.98 Å². The molecule has 0 amide bonds. The van der Waals surface area contributed by atoms with Crippen LogP contribution in [0.2, 0.25) is 0 Å². The molecule has 0 radical (unpaired) electrons. The molecule has 0 unspecified atom stereocenters. The molecule has 0 saturated heterocycles. The molecule has 1 heterocycles. The maximum absolute atomic E-state index is 9.35. The number of hydrogen-bond acceptors (Lipinski definition) is 4. The average Bonchev–Trinajstić information content (AvgIpc) is 3.16. The van der Waals surface area contributed by atoms with E-state index in [4.69, 9.17) is 4.42 Å². The van der Waals surface area contributed by atoms with Gasteiger partial charge in [-0.3, -0.25) is 0 Å². The third kappa shape index (κ3) is 4.56. The second-order valence-electron chi connectivity index (χ2n) is 6.18. The van der Waals surface area contributed by atoms with Gasteiger partial charge >= 0.3 is 0 Å². The lowest BCUT2D eigenvalue weighted by molar-refractivity contribution is 0.271. The van der Waals surface area contributed by atoms with Crippen LogP contribution in [0.15, 0.2) is 71.3 Å². The fraction of sp³-hybridized carbons (Fsp3) is 0.286. The fourth-order valence-electron chi connectivity index (χ4n) is 2.90. The van der Waals surface area contributed by atoms with Crippen molar-refractivity contribution in [2.45, 2.75) is 25.3 Å². The second kappa shape index (κ2) is 8.60. The molecule has 3 aromatic rings. The minimum Gasteiger partial charge on any atom is -0.439 e. The Bertz CT molecular complexity index is 756. The molecule has 0 bridgehead atoms. The Morgan fingerprint density at radius 1 is 1.04 bits per heavy atom. The van der Waals surface area contributed by atoms with Crippen LogP contribution in [-0.2, 0) is 0 Å². The summed E-state index contributed by atoms with van der Waals surface area (Å²) in [5, 5.41) is 12.8. The van der Waals surface area contributed by atoms with Crippen LogP contribution >= 0.6 is 0 Å². The summed E-state index contributed by atoms with van der Waals surface area (Å²) in [4.78, 5) is 4.41. The molecule has 0 saturated carbocycles. The molecular weight excluding hydrogens is 312 g/mol. The zero-order valence-electron chi connectivity index (χ0n) is 14.4. The summed E-state index contributed by atoms with van der Waals surface area (Å²) in [7, 11) is 0. The molecule has 4 heteroatoms. The molecule has 0 spiro atoms. The molecule has 0 aliphatic rings. The van der Waals surface area contributed by atoms with E-state index in [0.717, 1.165) is 24.3 Å². The van der Waals surface area contributed by atoms with Crippen LogP contribution in [0.3, 0.4) is 0 Å². The number of nitrogens with one attached hydrogen (secondary N) is 1. The predicted molar refractivity (Wildman–Crippen MR) is 99.2 cm³/mol. The van der Waals surface area contributed by atoms with Crippen molar-refractivity contribution in [3.63, 3.8) is 0 Å². The van der Waals surface area contributed by atoms with Gasteiger partial charge in [0.05, 0.1) is 12.2 Å². The van der Waals surface area contributed by atoms with Gasteiger partial charge < -0.3 is 14.8 Å². The summed E-state index contributed by atoms with van der Waals surface area (Å²) in [6, 6.07) is 20.2. The van der Waals surface area contributed by atoms with E-state index in [0.29, 0.717) is 5.89 Å². The van der Waals surface area contributed by atoms with Crippen molar-refractivity contribution in [2.75, 3.05) is 13.2 Å². The molecular formula is C21H24N2O2. The molecule has 0 aliphatic heterocycles. The largest absolute Gasteiger partial charge is 0.439 e. The number of aliphatic hydroxyl groups is 1. The van der Waals surface area contributed by atoms with E-state index < -0.39 is 0 Å². The summed E-state index contributed by atoms with van der Waals surface area (Å²) in [6.07, 6.45) is 2.50. The monoisotopic (exact) mass is 336 g/mol.